The molecule has 2 heterocycles. The minimum absolute atomic E-state index is 0.144. The fourth-order valence-electron chi connectivity index (χ4n) is 2.08. The van der Waals surface area contributed by atoms with E-state index >= 15 is 0 Å². The van der Waals surface area contributed by atoms with Crippen molar-refractivity contribution in [3.8, 4) is 0 Å². The van der Waals surface area contributed by atoms with Crippen LogP contribution in [-0.2, 0) is 16.0 Å². The van der Waals surface area contributed by atoms with Crippen LogP contribution in [0.3, 0.4) is 0 Å². The normalized spacial score (nSPS) is 19.1. The lowest BCUT2D eigenvalue weighted by Gasteiger charge is -2.15. The summed E-state index contributed by atoms with van der Waals surface area (Å²) in [6.45, 7) is 2.02. The third-order valence-corrected chi connectivity index (χ3v) is 3.17. The van der Waals surface area contributed by atoms with Gasteiger partial charge in [0.15, 0.2) is 0 Å². The molecule has 0 radical (unpaired) electrons. The smallest absolute Gasteiger partial charge is 0.251 e. The predicted molar refractivity (Wildman–Crippen MR) is 70.2 cm³/mol. The van der Waals surface area contributed by atoms with Gasteiger partial charge in [0.25, 0.3) is 5.91 Å². The van der Waals surface area contributed by atoms with E-state index in [9.17, 15) is 9.59 Å². The molecular weight excluding hydrogens is 246 g/mol. The molecule has 2 amide bonds. The highest BCUT2D eigenvalue weighted by Gasteiger charge is 2.36. The maximum absolute atomic E-state index is 11.8. The molecule has 102 valence electrons. The maximum atomic E-state index is 11.8. The Hall–Kier alpha value is -2.18. The van der Waals surface area contributed by atoms with Gasteiger partial charge in [0.2, 0.25) is 5.91 Å². The number of nitrogen functional groups attached to an aromatic ring is 1. The molecule has 1 aromatic heterocycles. The van der Waals surface area contributed by atoms with Gasteiger partial charge in [-0.3, -0.25) is 14.5 Å². The molecule has 1 unspecified atom stereocenters. The molecular formula is C12H17N5O2. The lowest BCUT2D eigenvalue weighted by Crippen LogP contribution is -2.32. The molecule has 7 nitrogen and oxygen atoms in total. The fraction of sp³-hybridized carbons (Fsp3) is 0.500. The molecule has 0 bridgehead atoms. The third-order valence-electron chi connectivity index (χ3n) is 3.17. The van der Waals surface area contributed by atoms with Crippen molar-refractivity contribution in [1.82, 2.24) is 14.9 Å². The van der Waals surface area contributed by atoms with E-state index < -0.39 is 6.04 Å². The molecule has 1 saturated heterocycles. The molecule has 1 aromatic rings. The van der Waals surface area contributed by atoms with Crippen molar-refractivity contribution in [3.63, 3.8) is 0 Å². The second kappa shape index (κ2) is 5.21. The number of likely N-dealkylation sites (N-methyl/N-ethyl adjacent to an activating group) is 1. The molecule has 3 N–H and O–H groups in total. The van der Waals surface area contributed by atoms with Crippen molar-refractivity contribution in [2.75, 3.05) is 18.1 Å². The number of imide groups is 1. The monoisotopic (exact) mass is 263 g/mol. The number of nitrogens with two attached hydrogens (primary N) is 1. The van der Waals surface area contributed by atoms with E-state index in [1.54, 1.807) is 0 Å². The zero-order chi connectivity index (χ0) is 14.0. The van der Waals surface area contributed by atoms with Gasteiger partial charge >= 0.3 is 0 Å². The van der Waals surface area contributed by atoms with Crippen LogP contribution in [0.15, 0.2) is 6.33 Å². The van der Waals surface area contributed by atoms with Crippen molar-refractivity contribution >= 4 is 23.5 Å². The van der Waals surface area contributed by atoms with Crippen molar-refractivity contribution in [1.29, 1.82) is 0 Å². The number of amides is 2. The number of anilines is 2. The van der Waals surface area contributed by atoms with E-state index in [1.807, 2.05) is 6.92 Å². The predicted octanol–water partition coefficient (Wildman–Crippen LogP) is 0.181. The van der Waals surface area contributed by atoms with Crippen LogP contribution in [0.2, 0.25) is 0 Å². The minimum atomic E-state index is -0.567. The molecule has 1 fully saturated rings. The average Bonchev–Trinajstić information content (AvgIpc) is 2.61. The lowest BCUT2D eigenvalue weighted by atomic mass is 10.1. The number of hydrogen-bond donors (Lipinski definition) is 2. The van der Waals surface area contributed by atoms with Crippen molar-refractivity contribution < 1.29 is 9.59 Å². The Balaban J connectivity index is 2.22. The van der Waals surface area contributed by atoms with E-state index in [1.165, 1.54) is 13.4 Å². The Kier molecular flexibility index (Phi) is 3.64. The van der Waals surface area contributed by atoms with Gasteiger partial charge in [-0.05, 0) is 6.42 Å². The Morgan fingerprint density at radius 1 is 1.47 bits per heavy atom. The van der Waals surface area contributed by atoms with Crippen LogP contribution in [-0.4, -0.2) is 39.8 Å². The minimum Gasteiger partial charge on any atom is -0.383 e. The SMILES string of the molecule is CCCc1c(N)ncnc1NC1CC(=O)N(C)C1=O. The van der Waals surface area contributed by atoms with Crippen molar-refractivity contribution in [2.24, 2.45) is 0 Å². The average molecular weight is 263 g/mol. The van der Waals surface area contributed by atoms with E-state index in [4.69, 9.17) is 5.73 Å². The second-order valence-corrected chi connectivity index (χ2v) is 4.53. The van der Waals surface area contributed by atoms with Gasteiger partial charge in [0, 0.05) is 12.6 Å². The summed E-state index contributed by atoms with van der Waals surface area (Å²) >= 11 is 0. The number of hydrogen-bond acceptors (Lipinski definition) is 6. The summed E-state index contributed by atoms with van der Waals surface area (Å²) in [4.78, 5) is 32.5. The molecule has 0 aromatic carbocycles. The second-order valence-electron chi connectivity index (χ2n) is 4.53. The number of rotatable bonds is 4. The first-order valence-corrected chi connectivity index (χ1v) is 6.20. The highest BCUT2D eigenvalue weighted by molar-refractivity contribution is 6.06. The molecule has 0 aliphatic carbocycles. The maximum Gasteiger partial charge on any atom is 0.251 e. The van der Waals surface area contributed by atoms with Crippen LogP contribution < -0.4 is 11.1 Å². The molecule has 0 saturated carbocycles. The van der Waals surface area contributed by atoms with Crippen LogP contribution in [0.5, 0.6) is 0 Å². The van der Waals surface area contributed by atoms with Crippen molar-refractivity contribution in [2.45, 2.75) is 32.2 Å². The summed E-state index contributed by atoms with van der Waals surface area (Å²) in [5.41, 5.74) is 6.61. The molecule has 1 atom stereocenters. The van der Waals surface area contributed by atoms with Gasteiger partial charge in [0.05, 0.1) is 6.42 Å². The van der Waals surface area contributed by atoms with Gasteiger partial charge in [0.1, 0.15) is 24.0 Å². The largest absolute Gasteiger partial charge is 0.383 e. The standard InChI is InChI=1S/C12H17N5O2/c1-3-4-7-10(13)14-6-15-11(7)16-8-5-9(18)17(2)12(8)19/h6,8H,3-5H2,1-2H3,(H3,13,14,15,16). The summed E-state index contributed by atoms with van der Waals surface area (Å²) in [7, 11) is 1.48. The summed E-state index contributed by atoms with van der Waals surface area (Å²) < 4.78 is 0. The van der Waals surface area contributed by atoms with Crippen LogP contribution in [0.1, 0.15) is 25.3 Å². The first-order valence-electron chi connectivity index (χ1n) is 6.20. The summed E-state index contributed by atoms with van der Waals surface area (Å²) in [6.07, 6.45) is 3.11. The zero-order valence-electron chi connectivity index (χ0n) is 11.0. The van der Waals surface area contributed by atoms with Crippen LogP contribution in [0, 0.1) is 0 Å². The fourth-order valence-corrected chi connectivity index (χ4v) is 2.08. The number of nitrogens with one attached hydrogen (secondary N) is 1. The molecule has 19 heavy (non-hydrogen) atoms. The van der Waals surface area contributed by atoms with Gasteiger partial charge in [-0.25, -0.2) is 9.97 Å². The number of likely N-dealkylation sites (tertiary alicyclic amines) is 1. The Morgan fingerprint density at radius 2 is 2.21 bits per heavy atom. The van der Waals surface area contributed by atoms with Gasteiger partial charge in [-0.15, -0.1) is 0 Å². The first kappa shape index (κ1) is 13.3. The summed E-state index contributed by atoms with van der Waals surface area (Å²) in [5.74, 6) is 0.506. The first-order chi connectivity index (χ1) is 9.04. The van der Waals surface area contributed by atoms with Crippen LogP contribution in [0.25, 0.3) is 0 Å². The molecule has 0 spiro atoms. The van der Waals surface area contributed by atoms with Crippen LogP contribution in [0.4, 0.5) is 11.6 Å². The number of carbonyl (C=O) groups excluding carboxylic acids is 2. The zero-order valence-corrected chi connectivity index (χ0v) is 11.0. The van der Waals surface area contributed by atoms with E-state index in [-0.39, 0.29) is 18.2 Å². The third kappa shape index (κ3) is 2.49. The Morgan fingerprint density at radius 3 is 2.79 bits per heavy atom. The van der Waals surface area contributed by atoms with Gasteiger partial charge < -0.3 is 11.1 Å². The molecule has 2 rings (SSSR count). The molecule has 1 aliphatic rings. The van der Waals surface area contributed by atoms with Gasteiger partial charge in [-0.1, -0.05) is 13.3 Å². The Bertz CT molecular complexity index is 517. The quantitative estimate of drug-likeness (QED) is 0.751. The van der Waals surface area contributed by atoms with Crippen molar-refractivity contribution in [3.05, 3.63) is 11.9 Å². The van der Waals surface area contributed by atoms with E-state index in [0.29, 0.717) is 11.6 Å². The van der Waals surface area contributed by atoms with E-state index in [2.05, 4.69) is 15.3 Å². The number of carbonyl (C=O) groups is 2. The van der Waals surface area contributed by atoms with Crippen LogP contribution >= 0.6 is 0 Å². The number of nitrogens with zero attached hydrogens (tertiary/aromatic N) is 3. The Labute approximate surface area is 111 Å². The summed E-state index contributed by atoms with van der Waals surface area (Å²) in [5, 5.41) is 3.00. The summed E-state index contributed by atoms with van der Waals surface area (Å²) in [6, 6.07) is -0.567. The highest BCUT2D eigenvalue weighted by Crippen LogP contribution is 2.22. The molecule has 1 aliphatic heterocycles. The highest BCUT2D eigenvalue weighted by atomic mass is 16.2. The topological polar surface area (TPSA) is 101 Å². The van der Waals surface area contributed by atoms with E-state index in [0.717, 1.165) is 23.3 Å². The lowest BCUT2D eigenvalue weighted by molar-refractivity contribution is -0.136. The number of aromatic nitrogens is 2. The molecule has 7 heteroatoms. The van der Waals surface area contributed by atoms with Gasteiger partial charge in [-0.2, -0.15) is 0 Å².